The summed E-state index contributed by atoms with van der Waals surface area (Å²) in [4.78, 5) is 5.42. The van der Waals surface area contributed by atoms with Crippen LogP contribution in [0.2, 0.25) is 0 Å². The summed E-state index contributed by atoms with van der Waals surface area (Å²) in [7, 11) is 0. The number of thiol groups is 1. The van der Waals surface area contributed by atoms with Gasteiger partial charge in [-0.3, -0.25) is 4.84 Å². The van der Waals surface area contributed by atoms with Crippen molar-refractivity contribution in [3.8, 4) is 0 Å². The van der Waals surface area contributed by atoms with Crippen LogP contribution in [0.3, 0.4) is 0 Å². The highest BCUT2D eigenvalue weighted by Crippen LogP contribution is 2.21. The van der Waals surface area contributed by atoms with Crippen LogP contribution in [0, 0.1) is 0 Å². The van der Waals surface area contributed by atoms with Gasteiger partial charge in [0.25, 0.3) is 0 Å². The van der Waals surface area contributed by atoms with E-state index in [1.165, 1.54) is 0 Å². The third kappa shape index (κ3) is 1.89. The van der Waals surface area contributed by atoms with E-state index in [4.69, 9.17) is 10.6 Å². The highest BCUT2D eigenvalue weighted by atomic mass is 32.1. The Morgan fingerprint density at radius 2 is 2.55 bits per heavy atom. The van der Waals surface area contributed by atoms with Crippen LogP contribution in [0.15, 0.2) is 11.8 Å². The first-order valence-electron chi connectivity index (χ1n) is 3.67. The van der Waals surface area contributed by atoms with Crippen LogP contribution < -0.4 is 5.73 Å². The van der Waals surface area contributed by atoms with E-state index in [0.717, 1.165) is 5.70 Å². The van der Waals surface area contributed by atoms with E-state index < -0.39 is 0 Å². The van der Waals surface area contributed by atoms with Crippen molar-refractivity contribution in [2.45, 2.75) is 25.3 Å². The smallest absolute Gasteiger partial charge is 0.118 e. The summed E-state index contributed by atoms with van der Waals surface area (Å²) in [5, 5.41) is 1.85. The van der Waals surface area contributed by atoms with Gasteiger partial charge in [-0.05, 0) is 19.9 Å². The Morgan fingerprint density at radius 1 is 1.91 bits per heavy atom. The molecular weight excluding hydrogens is 160 g/mol. The van der Waals surface area contributed by atoms with Crippen LogP contribution in [-0.2, 0) is 4.84 Å². The standard InChI is InChI=1S/C7H14N2OS/c1-5-3-7(4-8)10-9(5)6(2)11/h3,6-7,11H,4,8H2,1-2H3. The fourth-order valence-corrected chi connectivity index (χ4v) is 1.33. The fourth-order valence-electron chi connectivity index (χ4n) is 1.10. The lowest BCUT2D eigenvalue weighted by atomic mass is 10.3. The number of hydrogen-bond acceptors (Lipinski definition) is 4. The molecule has 0 aromatic heterocycles. The zero-order chi connectivity index (χ0) is 8.43. The minimum absolute atomic E-state index is 0.0320. The predicted molar refractivity (Wildman–Crippen MR) is 48.0 cm³/mol. The number of hydroxylamine groups is 2. The Balaban J connectivity index is 2.57. The first kappa shape index (κ1) is 8.90. The maximum atomic E-state index is 5.44. The molecule has 0 aliphatic carbocycles. The fraction of sp³-hybridized carbons (Fsp3) is 0.714. The molecule has 2 atom stereocenters. The number of hydrogen-bond donors (Lipinski definition) is 2. The molecule has 0 aromatic carbocycles. The Bertz CT molecular complexity index is 170. The topological polar surface area (TPSA) is 38.5 Å². The molecule has 11 heavy (non-hydrogen) atoms. The lowest BCUT2D eigenvalue weighted by Gasteiger charge is -2.23. The van der Waals surface area contributed by atoms with Gasteiger partial charge in [0.15, 0.2) is 0 Å². The first-order chi connectivity index (χ1) is 5.15. The minimum atomic E-state index is 0.0320. The van der Waals surface area contributed by atoms with E-state index >= 15 is 0 Å². The second kappa shape index (κ2) is 3.47. The van der Waals surface area contributed by atoms with Crippen molar-refractivity contribution in [1.82, 2.24) is 5.06 Å². The van der Waals surface area contributed by atoms with Gasteiger partial charge in [-0.15, -0.1) is 0 Å². The molecule has 64 valence electrons. The molecule has 0 saturated heterocycles. The van der Waals surface area contributed by atoms with Crippen molar-refractivity contribution in [2.75, 3.05) is 6.54 Å². The van der Waals surface area contributed by atoms with Crippen molar-refractivity contribution in [3.05, 3.63) is 11.8 Å². The summed E-state index contributed by atoms with van der Waals surface area (Å²) in [5.41, 5.74) is 6.52. The molecule has 1 heterocycles. The van der Waals surface area contributed by atoms with Gasteiger partial charge in [0.2, 0.25) is 0 Å². The normalized spacial score (nSPS) is 27.1. The highest BCUT2D eigenvalue weighted by molar-refractivity contribution is 7.80. The van der Waals surface area contributed by atoms with Crippen molar-refractivity contribution < 1.29 is 4.84 Å². The van der Waals surface area contributed by atoms with Crippen LogP contribution in [0.1, 0.15) is 13.8 Å². The zero-order valence-corrected chi connectivity index (χ0v) is 7.71. The van der Waals surface area contributed by atoms with E-state index in [1.807, 2.05) is 19.9 Å². The summed E-state index contributed by atoms with van der Waals surface area (Å²) in [5.74, 6) is 0. The van der Waals surface area contributed by atoms with Crippen LogP contribution in [0.4, 0.5) is 0 Å². The van der Waals surface area contributed by atoms with E-state index in [1.54, 1.807) is 5.06 Å². The van der Waals surface area contributed by atoms with Gasteiger partial charge in [0.05, 0.1) is 5.37 Å². The van der Waals surface area contributed by atoms with Crippen LogP contribution in [0.5, 0.6) is 0 Å². The molecule has 0 radical (unpaired) electrons. The molecule has 0 bridgehead atoms. The molecule has 1 rings (SSSR count). The molecule has 0 saturated carbocycles. The average molecular weight is 174 g/mol. The lowest BCUT2D eigenvalue weighted by Crippen LogP contribution is -2.28. The van der Waals surface area contributed by atoms with Gasteiger partial charge < -0.3 is 5.73 Å². The number of allylic oxidation sites excluding steroid dienone is 1. The van der Waals surface area contributed by atoms with Crippen LogP contribution in [-0.4, -0.2) is 23.1 Å². The zero-order valence-electron chi connectivity index (χ0n) is 6.82. The summed E-state index contributed by atoms with van der Waals surface area (Å²) in [6.07, 6.45) is 2.04. The van der Waals surface area contributed by atoms with Gasteiger partial charge in [-0.25, -0.2) is 5.06 Å². The SMILES string of the molecule is CC1=CC(CN)ON1C(C)S. The second-order valence-electron chi connectivity index (χ2n) is 2.65. The van der Waals surface area contributed by atoms with E-state index in [-0.39, 0.29) is 11.5 Å². The molecule has 1 aliphatic heterocycles. The maximum Gasteiger partial charge on any atom is 0.118 e. The van der Waals surface area contributed by atoms with E-state index in [9.17, 15) is 0 Å². The van der Waals surface area contributed by atoms with Crippen LogP contribution in [0.25, 0.3) is 0 Å². The van der Waals surface area contributed by atoms with Crippen LogP contribution >= 0.6 is 12.6 Å². The maximum absolute atomic E-state index is 5.44. The minimum Gasteiger partial charge on any atom is -0.328 e. The molecule has 0 amide bonds. The number of rotatable bonds is 2. The predicted octanol–water partition coefficient (Wildman–Crippen LogP) is 0.741. The quantitative estimate of drug-likeness (QED) is 0.606. The molecule has 2 N–H and O–H groups in total. The van der Waals surface area contributed by atoms with Crippen molar-refractivity contribution in [3.63, 3.8) is 0 Å². The third-order valence-electron chi connectivity index (χ3n) is 1.60. The Morgan fingerprint density at radius 3 is 2.82 bits per heavy atom. The Kier molecular flexibility index (Phi) is 2.81. The monoisotopic (exact) mass is 174 g/mol. The number of nitrogens with zero attached hydrogens (tertiary/aromatic N) is 1. The van der Waals surface area contributed by atoms with Gasteiger partial charge in [-0.2, -0.15) is 12.6 Å². The van der Waals surface area contributed by atoms with Crippen molar-refractivity contribution in [1.29, 1.82) is 0 Å². The van der Waals surface area contributed by atoms with Gasteiger partial charge >= 0.3 is 0 Å². The van der Waals surface area contributed by atoms with Crippen molar-refractivity contribution in [2.24, 2.45) is 5.73 Å². The second-order valence-corrected chi connectivity index (χ2v) is 3.39. The molecule has 0 spiro atoms. The highest BCUT2D eigenvalue weighted by Gasteiger charge is 2.22. The third-order valence-corrected chi connectivity index (χ3v) is 1.81. The Labute approximate surface area is 72.6 Å². The van der Waals surface area contributed by atoms with Crippen molar-refractivity contribution >= 4 is 12.6 Å². The summed E-state index contributed by atoms with van der Waals surface area (Å²) < 4.78 is 0. The largest absolute Gasteiger partial charge is 0.328 e. The molecule has 2 unspecified atom stereocenters. The van der Waals surface area contributed by atoms with Gasteiger partial charge in [0.1, 0.15) is 6.10 Å². The number of nitrogens with two attached hydrogens (primary N) is 1. The Hall–Kier alpha value is -0.190. The molecular formula is C7H14N2OS. The summed E-state index contributed by atoms with van der Waals surface area (Å²) >= 11 is 4.25. The molecule has 3 nitrogen and oxygen atoms in total. The van der Waals surface area contributed by atoms with E-state index in [2.05, 4.69) is 12.6 Å². The molecule has 0 aromatic rings. The van der Waals surface area contributed by atoms with E-state index in [0.29, 0.717) is 6.54 Å². The summed E-state index contributed by atoms with van der Waals surface area (Å²) in [6.45, 7) is 4.47. The lowest BCUT2D eigenvalue weighted by molar-refractivity contribution is -0.138. The molecule has 4 heteroatoms. The molecule has 1 aliphatic rings. The first-order valence-corrected chi connectivity index (χ1v) is 4.19. The van der Waals surface area contributed by atoms with Gasteiger partial charge in [-0.1, -0.05) is 0 Å². The molecule has 0 fully saturated rings. The van der Waals surface area contributed by atoms with Gasteiger partial charge in [0, 0.05) is 12.2 Å². The average Bonchev–Trinajstić information content (AvgIpc) is 2.30. The summed E-state index contributed by atoms with van der Waals surface area (Å²) in [6, 6.07) is 0.